The summed E-state index contributed by atoms with van der Waals surface area (Å²) in [7, 11) is -4.23. The zero-order valence-electron chi connectivity index (χ0n) is 26.4. The van der Waals surface area contributed by atoms with E-state index in [-0.39, 0.29) is 23.8 Å². The molecule has 0 spiro atoms. The van der Waals surface area contributed by atoms with Crippen LogP contribution in [0.25, 0.3) is 0 Å². The van der Waals surface area contributed by atoms with Crippen LogP contribution in [0.15, 0.2) is 108 Å². The van der Waals surface area contributed by atoms with Gasteiger partial charge in [-0.2, -0.15) is 0 Å². The molecule has 0 unspecified atom stereocenters. The topological polar surface area (TPSA) is 96.0 Å². The molecule has 0 saturated heterocycles. The van der Waals surface area contributed by atoms with E-state index < -0.39 is 28.5 Å². The summed E-state index contributed by atoms with van der Waals surface area (Å²) < 4.78 is 34.9. The van der Waals surface area contributed by atoms with Crippen LogP contribution in [0.4, 0.5) is 5.69 Å². The van der Waals surface area contributed by atoms with Gasteiger partial charge in [0, 0.05) is 19.5 Å². The normalized spacial score (nSPS) is 11.8. The molecule has 1 atom stereocenters. The fraction of sp³-hybridized carbons (Fsp3) is 0.278. The zero-order valence-corrected chi connectivity index (χ0v) is 28.8. The summed E-state index contributed by atoms with van der Waals surface area (Å²) in [5, 5.41) is 3.63. The first-order chi connectivity index (χ1) is 22.6. The number of rotatable bonds is 16. The van der Waals surface area contributed by atoms with Gasteiger partial charge in [0.2, 0.25) is 11.8 Å². The number of sulfonamides is 1. The number of unbranched alkanes of at least 4 members (excludes halogenated alkanes) is 1. The predicted octanol–water partition coefficient (Wildman–Crippen LogP) is 7.14. The number of nitrogens with one attached hydrogen (secondary N) is 1. The van der Waals surface area contributed by atoms with Crippen LogP contribution in [0, 0.1) is 0 Å². The second-order valence-electron chi connectivity index (χ2n) is 10.9. The van der Waals surface area contributed by atoms with Crippen molar-refractivity contribution in [2.75, 3.05) is 24.0 Å². The van der Waals surface area contributed by atoms with Crippen molar-refractivity contribution in [1.29, 1.82) is 0 Å². The minimum Gasteiger partial charge on any atom is -0.494 e. The second kappa shape index (κ2) is 17.2. The lowest BCUT2D eigenvalue weighted by Gasteiger charge is -2.34. The lowest BCUT2D eigenvalue weighted by molar-refractivity contribution is -0.140. The molecule has 248 valence electrons. The molecule has 0 aliphatic carbocycles. The molecular weight excluding hydrogens is 657 g/mol. The van der Waals surface area contributed by atoms with Crippen LogP contribution in [-0.4, -0.2) is 50.9 Å². The highest BCUT2D eigenvalue weighted by molar-refractivity contribution is 7.92. The first-order valence-corrected chi connectivity index (χ1v) is 17.7. The summed E-state index contributed by atoms with van der Waals surface area (Å²) in [5.74, 6) is -0.378. The number of carbonyl (C=O) groups is 2. The number of hydrogen-bond donors (Lipinski definition) is 1. The van der Waals surface area contributed by atoms with Gasteiger partial charge in [-0.15, -0.1) is 0 Å². The average molecular weight is 697 g/mol. The molecule has 11 heteroatoms. The van der Waals surface area contributed by atoms with Gasteiger partial charge < -0.3 is 15.0 Å². The van der Waals surface area contributed by atoms with Crippen molar-refractivity contribution in [3.63, 3.8) is 0 Å². The van der Waals surface area contributed by atoms with Crippen LogP contribution in [-0.2, 0) is 32.6 Å². The Morgan fingerprint density at radius 2 is 1.49 bits per heavy atom. The highest BCUT2D eigenvalue weighted by Crippen LogP contribution is 2.27. The van der Waals surface area contributed by atoms with Crippen LogP contribution >= 0.6 is 23.2 Å². The van der Waals surface area contributed by atoms with E-state index >= 15 is 0 Å². The quantitative estimate of drug-likeness (QED) is 0.126. The molecule has 0 heterocycles. The van der Waals surface area contributed by atoms with Gasteiger partial charge in [0.05, 0.1) is 27.2 Å². The highest BCUT2D eigenvalue weighted by atomic mass is 35.5. The second-order valence-corrected chi connectivity index (χ2v) is 13.5. The van der Waals surface area contributed by atoms with Gasteiger partial charge in [0.1, 0.15) is 18.3 Å². The Kier molecular flexibility index (Phi) is 13.1. The Hall–Kier alpha value is -4.05. The number of anilines is 1. The minimum atomic E-state index is -4.23. The maximum Gasteiger partial charge on any atom is 0.264 e. The smallest absolute Gasteiger partial charge is 0.264 e. The van der Waals surface area contributed by atoms with E-state index in [1.54, 1.807) is 60.7 Å². The number of nitrogens with zero attached hydrogens (tertiary/aromatic N) is 2. The Balaban J connectivity index is 1.77. The fourth-order valence-corrected chi connectivity index (χ4v) is 6.75. The van der Waals surface area contributed by atoms with Gasteiger partial charge in [-0.1, -0.05) is 91.1 Å². The number of para-hydroxylation sites is 1. The van der Waals surface area contributed by atoms with Crippen molar-refractivity contribution in [1.82, 2.24) is 10.2 Å². The van der Waals surface area contributed by atoms with Crippen molar-refractivity contribution in [3.05, 3.63) is 124 Å². The standard InChI is InChI=1S/C36H39Cl2N3O5S/c1-3-5-22-39-36(43)34(24-27-12-8-6-9-13-27)40(25-28-16-21-32(37)33(38)23-28)35(42)26-41(29-14-10-7-11-15-29)47(44,45)31-19-17-30(18-20-31)46-4-2/h6-21,23,34H,3-5,22,24-26H2,1-2H3,(H,39,43)/t34-/m1/s1. The van der Waals surface area contributed by atoms with Crippen molar-refractivity contribution >= 4 is 50.7 Å². The monoisotopic (exact) mass is 695 g/mol. The van der Waals surface area contributed by atoms with Crippen molar-refractivity contribution in [2.45, 2.75) is 50.6 Å². The van der Waals surface area contributed by atoms with Crippen LogP contribution in [0.2, 0.25) is 10.0 Å². The summed E-state index contributed by atoms with van der Waals surface area (Å²) in [6, 6.07) is 27.9. The van der Waals surface area contributed by atoms with Crippen molar-refractivity contribution < 1.29 is 22.7 Å². The largest absolute Gasteiger partial charge is 0.494 e. The van der Waals surface area contributed by atoms with Gasteiger partial charge in [-0.3, -0.25) is 13.9 Å². The molecule has 8 nitrogen and oxygen atoms in total. The SMILES string of the molecule is CCCCNC(=O)[C@@H](Cc1ccccc1)N(Cc1ccc(Cl)c(Cl)c1)C(=O)CN(c1ccccc1)S(=O)(=O)c1ccc(OCC)cc1. The van der Waals surface area contributed by atoms with Gasteiger partial charge >= 0.3 is 0 Å². The third kappa shape index (κ3) is 9.73. The van der Waals surface area contributed by atoms with Gasteiger partial charge in [-0.25, -0.2) is 8.42 Å². The van der Waals surface area contributed by atoms with Crippen LogP contribution in [0.5, 0.6) is 5.75 Å². The van der Waals surface area contributed by atoms with Crippen molar-refractivity contribution in [3.8, 4) is 5.75 Å². The van der Waals surface area contributed by atoms with Crippen LogP contribution in [0.1, 0.15) is 37.8 Å². The molecule has 47 heavy (non-hydrogen) atoms. The Bertz CT molecular complexity index is 1720. The van der Waals surface area contributed by atoms with Crippen molar-refractivity contribution in [2.24, 2.45) is 0 Å². The average Bonchev–Trinajstić information content (AvgIpc) is 3.08. The predicted molar refractivity (Wildman–Crippen MR) is 187 cm³/mol. The summed E-state index contributed by atoms with van der Waals surface area (Å²) in [4.78, 5) is 29.8. The van der Waals surface area contributed by atoms with Gasteiger partial charge in [-0.05, 0) is 73.0 Å². The van der Waals surface area contributed by atoms with E-state index in [2.05, 4.69) is 5.32 Å². The number of carbonyl (C=O) groups excluding carboxylic acids is 2. The third-order valence-corrected chi connectivity index (χ3v) is 10.0. The van der Waals surface area contributed by atoms with Gasteiger partial charge in [0.25, 0.3) is 10.0 Å². The number of amides is 2. The Morgan fingerprint density at radius 1 is 0.830 bits per heavy atom. The lowest BCUT2D eigenvalue weighted by Crippen LogP contribution is -2.53. The van der Waals surface area contributed by atoms with E-state index in [1.807, 2.05) is 44.2 Å². The Morgan fingerprint density at radius 3 is 2.11 bits per heavy atom. The zero-order chi connectivity index (χ0) is 33.8. The van der Waals surface area contributed by atoms with Gasteiger partial charge in [0.15, 0.2) is 0 Å². The first-order valence-electron chi connectivity index (χ1n) is 15.5. The third-order valence-electron chi connectivity index (χ3n) is 7.48. The number of benzene rings is 4. The van der Waals surface area contributed by atoms with E-state index in [0.29, 0.717) is 40.2 Å². The molecule has 1 N–H and O–H groups in total. The lowest BCUT2D eigenvalue weighted by atomic mass is 10.0. The van der Waals surface area contributed by atoms with E-state index in [4.69, 9.17) is 27.9 Å². The molecule has 0 saturated carbocycles. The fourth-order valence-electron chi connectivity index (χ4n) is 5.02. The number of hydrogen-bond acceptors (Lipinski definition) is 5. The Labute approximate surface area is 287 Å². The molecule has 2 amide bonds. The van der Waals surface area contributed by atoms with Crippen LogP contribution in [0.3, 0.4) is 0 Å². The number of ether oxygens (including phenoxy) is 1. The summed E-state index contributed by atoms with van der Waals surface area (Å²) in [5.41, 5.74) is 1.78. The molecule has 0 aliphatic rings. The molecule has 0 aliphatic heterocycles. The highest BCUT2D eigenvalue weighted by Gasteiger charge is 2.34. The summed E-state index contributed by atoms with van der Waals surface area (Å²) >= 11 is 12.5. The number of halogens is 2. The van der Waals surface area contributed by atoms with E-state index in [1.165, 1.54) is 17.0 Å². The first kappa shape index (κ1) is 35.8. The molecule has 4 aromatic carbocycles. The molecule has 0 aromatic heterocycles. The molecular formula is C36H39Cl2N3O5S. The van der Waals surface area contributed by atoms with E-state index in [0.717, 1.165) is 22.7 Å². The maximum atomic E-state index is 14.5. The summed E-state index contributed by atoms with van der Waals surface area (Å²) in [6.45, 7) is 4.16. The molecule has 0 radical (unpaired) electrons. The minimum absolute atomic E-state index is 0.00761. The van der Waals surface area contributed by atoms with E-state index in [9.17, 15) is 18.0 Å². The molecule has 4 rings (SSSR count). The summed E-state index contributed by atoms with van der Waals surface area (Å²) in [6.07, 6.45) is 1.86. The molecule has 4 aromatic rings. The molecule has 0 bridgehead atoms. The van der Waals surface area contributed by atoms with Crippen LogP contribution < -0.4 is 14.4 Å². The maximum absolute atomic E-state index is 14.5. The molecule has 0 fully saturated rings.